The molecule has 4 rings (SSSR count). The van der Waals surface area contributed by atoms with E-state index >= 15 is 0 Å². The van der Waals surface area contributed by atoms with Crippen molar-refractivity contribution in [3.05, 3.63) is 75.0 Å². The van der Waals surface area contributed by atoms with Crippen LogP contribution in [-0.2, 0) is 0 Å². The van der Waals surface area contributed by atoms with Crippen LogP contribution in [0.2, 0.25) is 5.02 Å². The van der Waals surface area contributed by atoms with Crippen molar-refractivity contribution in [1.29, 1.82) is 0 Å². The molecule has 5 nitrogen and oxygen atoms in total. The Labute approximate surface area is 182 Å². The number of nitrogens with zero attached hydrogens (tertiary/aromatic N) is 2. The molecule has 2 atom stereocenters. The molecule has 0 radical (unpaired) electrons. The molecule has 1 aliphatic heterocycles. The van der Waals surface area contributed by atoms with E-state index in [1.807, 2.05) is 6.08 Å². The fourth-order valence-electron chi connectivity index (χ4n) is 3.93. The van der Waals surface area contributed by atoms with Gasteiger partial charge < -0.3 is 5.32 Å². The lowest BCUT2D eigenvalue weighted by Crippen LogP contribution is -2.48. The number of allylic oxidation sites excluding steroid dienone is 4. The molecule has 2 N–H and O–H groups in total. The summed E-state index contributed by atoms with van der Waals surface area (Å²) in [5.41, 5.74) is 1.29. The van der Waals surface area contributed by atoms with Crippen LogP contribution in [0.4, 0.5) is 13.2 Å². The first-order valence-electron chi connectivity index (χ1n) is 10.1. The summed E-state index contributed by atoms with van der Waals surface area (Å²) in [5.74, 6) is 0. The van der Waals surface area contributed by atoms with Gasteiger partial charge in [-0.15, -0.1) is 0 Å². The van der Waals surface area contributed by atoms with Gasteiger partial charge >= 0.3 is 6.18 Å². The van der Waals surface area contributed by atoms with Crippen LogP contribution < -0.4 is 16.2 Å². The second-order valence-corrected chi connectivity index (χ2v) is 8.21. The molecule has 3 heterocycles. The summed E-state index contributed by atoms with van der Waals surface area (Å²) in [6.07, 6.45) is 6.56. The summed E-state index contributed by atoms with van der Waals surface area (Å²) in [6.45, 7) is 1.73. The third-order valence-electron chi connectivity index (χ3n) is 5.52. The van der Waals surface area contributed by atoms with Crippen LogP contribution in [0.5, 0.6) is 0 Å². The van der Waals surface area contributed by atoms with Crippen molar-refractivity contribution in [2.24, 2.45) is 0 Å². The van der Waals surface area contributed by atoms with Crippen LogP contribution in [0.15, 0.2) is 53.1 Å². The average Bonchev–Trinajstić information content (AvgIpc) is 2.73. The predicted molar refractivity (Wildman–Crippen MR) is 115 cm³/mol. The van der Waals surface area contributed by atoms with Crippen molar-refractivity contribution in [2.45, 2.75) is 51.0 Å². The number of fused-ring (bicyclic) bond motifs is 1. The number of rotatable bonds is 4. The Morgan fingerprint density at radius 3 is 2.81 bits per heavy atom. The highest BCUT2D eigenvalue weighted by atomic mass is 35.5. The average molecular weight is 451 g/mol. The SMILES string of the molecule is CC1=CC=CNC1NC(c1cc(Cl)cn2c(=O)cc(C3=CCCCC3)nc12)C(F)(F)F. The van der Waals surface area contributed by atoms with Gasteiger partial charge in [-0.2, -0.15) is 13.2 Å². The molecule has 2 unspecified atom stereocenters. The molecule has 9 heteroatoms. The quantitative estimate of drug-likeness (QED) is 0.696. The fourth-order valence-corrected chi connectivity index (χ4v) is 4.14. The third kappa shape index (κ3) is 4.55. The number of hydrogen-bond acceptors (Lipinski definition) is 4. The minimum Gasteiger partial charge on any atom is -0.372 e. The van der Waals surface area contributed by atoms with E-state index in [0.717, 1.165) is 35.7 Å². The van der Waals surface area contributed by atoms with Crippen molar-refractivity contribution in [1.82, 2.24) is 20.0 Å². The van der Waals surface area contributed by atoms with Crippen molar-refractivity contribution in [3.8, 4) is 0 Å². The Morgan fingerprint density at radius 2 is 2.13 bits per heavy atom. The highest BCUT2D eigenvalue weighted by Crippen LogP contribution is 2.36. The zero-order valence-electron chi connectivity index (χ0n) is 16.8. The standard InChI is InChI=1S/C22H22ClF3N4O/c1-13-6-5-9-27-20(13)29-19(22(24,25)26)16-10-15(23)12-30-18(31)11-17(28-21(16)30)14-7-3-2-4-8-14/h5-7,9-12,19-20,27,29H,2-4,8H2,1H3. The maximum atomic E-state index is 14.2. The minimum absolute atomic E-state index is 0.0239. The van der Waals surface area contributed by atoms with E-state index in [4.69, 9.17) is 11.6 Å². The molecular weight excluding hydrogens is 429 g/mol. The van der Waals surface area contributed by atoms with Gasteiger partial charge in [-0.3, -0.25) is 14.5 Å². The lowest BCUT2D eigenvalue weighted by atomic mass is 9.97. The summed E-state index contributed by atoms with van der Waals surface area (Å²) in [6, 6.07) is 0.502. The van der Waals surface area contributed by atoms with Crippen molar-refractivity contribution in [2.75, 3.05) is 0 Å². The Hall–Kier alpha value is -2.58. The Kier molecular flexibility index (Phi) is 5.94. The van der Waals surface area contributed by atoms with Crippen LogP contribution in [0, 0.1) is 0 Å². The van der Waals surface area contributed by atoms with Gasteiger partial charge in [0, 0.05) is 17.8 Å². The van der Waals surface area contributed by atoms with E-state index < -0.39 is 23.9 Å². The molecule has 0 saturated heterocycles. The fraction of sp³-hybridized carbons (Fsp3) is 0.364. The van der Waals surface area contributed by atoms with Crippen LogP contribution in [0.1, 0.15) is 49.9 Å². The molecule has 0 spiro atoms. The molecule has 2 aromatic rings. The van der Waals surface area contributed by atoms with E-state index in [-0.39, 0.29) is 16.2 Å². The first-order chi connectivity index (χ1) is 14.7. The highest BCUT2D eigenvalue weighted by molar-refractivity contribution is 6.30. The Bertz CT molecular complexity index is 1150. The topological polar surface area (TPSA) is 58.4 Å². The van der Waals surface area contributed by atoms with Gasteiger partial charge in [0.05, 0.1) is 16.9 Å². The van der Waals surface area contributed by atoms with Crippen LogP contribution in [-0.4, -0.2) is 21.7 Å². The van der Waals surface area contributed by atoms with Gasteiger partial charge in [-0.1, -0.05) is 23.8 Å². The van der Waals surface area contributed by atoms with Gasteiger partial charge in [0.15, 0.2) is 0 Å². The van der Waals surface area contributed by atoms with E-state index in [0.29, 0.717) is 11.3 Å². The molecule has 0 amide bonds. The van der Waals surface area contributed by atoms with Crippen molar-refractivity contribution >= 4 is 22.8 Å². The second-order valence-electron chi connectivity index (χ2n) is 7.77. The van der Waals surface area contributed by atoms with Gasteiger partial charge in [0.25, 0.3) is 5.56 Å². The zero-order chi connectivity index (χ0) is 22.2. The number of alkyl halides is 3. The molecule has 0 aromatic carbocycles. The summed E-state index contributed by atoms with van der Waals surface area (Å²) < 4.78 is 43.7. The molecule has 0 saturated carbocycles. The van der Waals surface area contributed by atoms with Crippen LogP contribution in [0.3, 0.4) is 0 Å². The van der Waals surface area contributed by atoms with E-state index in [2.05, 4.69) is 15.6 Å². The third-order valence-corrected chi connectivity index (χ3v) is 5.73. The van der Waals surface area contributed by atoms with E-state index in [1.165, 1.54) is 18.3 Å². The highest BCUT2D eigenvalue weighted by Gasteiger charge is 2.43. The molecular formula is C22H22ClF3N4O. The first-order valence-corrected chi connectivity index (χ1v) is 10.5. The Morgan fingerprint density at radius 1 is 1.32 bits per heavy atom. The number of pyridine rings is 1. The number of halogens is 4. The summed E-state index contributed by atoms with van der Waals surface area (Å²) in [7, 11) is 0. The molecule has 2 aromatic heterocycles. The number of aromatic nitrogens is 2. The lowest BCUT2D eigenvalue weighted by molar-refractivity contribution is -0.159. The summed E-state index contributed by atoms with van der Waals surface area (Å²) >= 11 is 6.12. The van der Waals surface area contributed by atoms with Gasteiger partial charge in [-0.25, -0.2) is 4.98 Å². The van der Waals surface area contributed by atoms with Crippen LogP contribution >= 0.6 is 11.6 Å². The van der Waals surface area contributed by atoms with Crippen molar-refractivity contribution in [3.63, 3.8) is 0 Å². The lowest BCUT2D eigenvalue weighted by Gasteiger charge is -2.30. The smallest absolute Gasteiger partial charge is 0.372 e. The summed E-state index contributed by atoms with van der Waals surface area (Å²) in [5, 5.41) is 5.53. The Balaban J connectivity index is 1.87. The molecule has 0 bridgehead atoms. The number of hydrogen-bond donors (Lipinski definition) is 2. The monoisotopic (exact) mass is 450 g/mol. The molecule has 31 heavy (non-hydrogen) atoms. The van der Waals surface area contributed by atoms with Gasteiger partial charge in [0.1, 0.15) is 11.7 Å². The predicted octanol–water partition coefficient (Wildman–Crippen LogP) is 4.89. The zero-order valence-corrected chi connectivity index (χ0v) is 17.6. The maximum Gasteiger partial charge on any atom is 0.408 e. The normalized spacial score (nSPS) is 20.2. The van der Waals surface area contributed by atoms with Crippen LogP contribution in [0.25, 0.3) is 11.2 Å². The van der Waals surface area contributed by atoms with Gasteiger partial charge in [-0.05, 0) is 62.1 Å². The van der Waals surface area contributed by atoms with Gasteiger partial charge in [0.2, 0.25) is 0 Å². The van der Waals surface area contributed by atoms with E-state index in [9.17, 15) is 18.0 Å². The first kappa shape index (κ1) is 21.6. The second kappa shape index (κ2) is 8.51. The van der Waals surface area contributed by atoms with E-state index in [1.54, 1.807) is 25.3 Å². The maximum absolute atomic E-state index is 14.2. The molecule has 1 aliphatic carbocycles. The molecule has 164 valence electrons. The molecule has 2 aliphatic rings. The molecule has 0 fully saturated rings. The minimum atomic E-state index is -4.65. The number of dihydropyridines is 1. The number of nitrogens with one attached hydrogen (secondary N) is 2. The van der Waals surface area contributed by atoms with Crippen molar-refractivity contribution < 1.29 is 13.2 Å². The largest absolute Gasteiger partial charge is 0.408 e. The summed E-state index contributed by atoms with van der Waals surface area (Å²) in [4.78, 5) is 17.3.